The third-order valence-corrected chi connectivity index (χ3v) is 3.83. The van der Waals surface area contributed by atoms with Crippen molar-refractivity contribution in [3.05, 3.63) is 83.2 Å². The number of carbonyl (C=O) groups is 1. The summed E-state index contributed by atoms with van der Waals surface area (Å²) in [6, 6.07) is 10.9. The Bertz CT molecular complexity index is 927. The minimum atomic E-state index is -1.01. The molecule has 126 valence electrons. The predicted octanol–water partition coefficient (Wildman–Crippen LogP) is 4.48. The van der Waals surface area contributed by atoms with Crippen molar-refractivity contribution in [1.82, 2.24) is 9.97 Å². The Morgan fingerprint density at radius 1 is 1.24 bits per heavy atom. The number of carboxylic acid groups (broad SMARTS) is 1. The summed E-state index contributed by atoms with van der Waals surface area (Å²) in [7, 11) is 0. The van der Waals surface area contributed by atoms with E-state index in [1.54, 1.807) is 36.5 Å². The van der Waals surface area contributed by atoms with Crippen LogP contribution in [-0.2, 0) is 6.42 Å². The van der Waals surface area contributed by atoms with Gasteiger partial charge in [0, 0.05) is 18.3 Å². The summed E-state index contributed by atoms with van der Waals surface area (Å²) in [5.74, 6) is -0.498. The number of imidazole rings is 1. The Labute approximate surface area is 144 Å². The van der Waals surface area contributed by atoms with Gasteiger partial charge in [0.1, 0.15) is 11.6 Å². The fourth-order valence-electron chi connectivity index (χ4n) is 2.62. The topological polar surface area (TPSA) is 66.0 Å². The maximum absolute atomic E-state index is 13.1. The molecule has 0 amide bonds. The lowest BCUT2D eigenvalue weighted by atomic mass is 9.97. The predicted molar refractivity (Wildman–Crippen MR) is 94.9 cm³/mol. The van der Waals surface area contributed by atoms with Crippen molar-refractivity contribution < 1.29 is 14.3 Å². The van der Waals surface area contributed by atoms with Gasteiger partial charge in [0.05, 0.1) is 5.56 Å². The van der Waals surface area contributed by atoms with Crippen molar-refractivity contribution in [1.29, 1.82) is 0 Å². The van der Waals surface area contributed by atoms with Crippen molar-refractivity contribution in [3.8, 4) is 11.1 Å². The molecular formula is C20H17FN2O2. The van der Waals surface area contributed by atoms with Crippen LogP contribution >= 0.6 is 0 Å². The number of allylic oxidation sites excluding steroid dienone is 1. The highest BCUT2D eigenvalue weighted by molar-refractivity contribution is 5.96. The molecule has 5 heteroatoms. The molecule has 2 aromatic carbocycles. The minimum absolute atomic E-state index is 0.188. The maximum atomic E-state index is 13.1. The molecule has 2 N–H and O–H groups in total. The van der Waals surface area contributed by atoms with Crippen LogP contribution in [0, 0.1) is 12.7 Å². The van der Waals surface area contributed by atoms with Crippen molar-refractivity contribution in [3.63, 3.8) is 0 Å². The molecule has 3 aromatic rings. The molecule has 0 spiro atoms. The molecule has 4 nitrogen and oxygen atoms in total. The normalized spacial score (nSPS) is 11.1. The zero-order valence-corrected chi connectivity index (χ0v) is 13.7. The Morgan fingerprint density at radius 2 is 2.00 bits per heavy atom. The molecule has 0 saturated carbocycles. The van der Waals surface area contributed by atoms with Crippen LogP contribution in [0.15, 0.2) is 54.7 Å². The SMILES string of the molecule is Cc1ncc(CC=Cc2ccc(C(=O)O)c(-c3ccc(F)cc3)c2)[nH]1. The summed E-state index contributed by atoms with van der Waals surface area (Å²) in [5, 5.41) is 9.40. The number of halogens is 1. The molecule has 0 fully saturated rings. The van der Waals surface area contributed by atoms with E-state index in [0.717, 1.165) is 17.1 Å². The maximum Gasteiger partial charge on any atom is 0.336 e. The van der Waals surface area contributed by atoms with Gasteiger partial charge in [0.25, 0.3) is 0 Å². The number of hydrogen-bond acceptors (Lipinski definition) is 2. The summed E-state index contributed by atoms with van der Waals surface area (Å²) >= 11 is 0. The second kappa shape index (κ2) is 7.13. The minimum Gasteiger partial charge on any atom is -0.478 e. The molecule has 3 rings (SSSR count). The highest BCUT2D eigenvalue weighted by Crippen LogP contribution is 2.26. The monoisotopic (exact) mass is 336 g/mol. The van der Waals surface area contributed by atoms with Gasteiger partial charge in [-0.05, 0) is 47.9 Å². The number of nitrogens with zero attached hydrogens (tertiary/aromatic N) is 1. The summed E-state index contributed by atoms with van der Waals surface area (Å²) in [5.41, 5.74) is 3.30. The zero-order chi connectivity index (χ0) is 17.8. The standard InChI is InChI=1S/C20H17FN2O2/c1-13-22-12-17(23-13)4-2-3-14-5-10-18(20(24)25)19(11-14)15-6-8-16(21)9-7-15/h2-3,5-12H,4H2,1H3,(H,22,23)(H,24,25). The van der Waals surface area contributed by atoms with Crippen LogP contribution in [-0.4, -0.2) is 21.0 Å². The average Bonchev–Trinajstić information content (AvgIpc) is 3.00. The van der Waals surface area contributed by atoms with Gasteiger partial charge in [-0.25, -0.2) is 14.2 Å². The van der Waals surface area contributed by atoms with Gasteiger partial charge in [0.15, 0.2) is 0 Å². The number of benzene rings is 2. The van der Waals surface area contributed by atoms with Crippen LogP contribution in [0.5, 0.6) is 0 Å². The molecule has 0 aliphatic carbocycles. The van der Waals surface area contributed by atoms with Crippen LogP contribution in [0.4, 0.5) is 4.39 Å². The van der Waals surface area contributed by atoms with E-state index in [9.17, 15) is 14.3 Å². The van der Waals surface area contributed by atoms with Crippen molar-refractivity contribution in [2.45, 2.75) is 13.3 Å². The van der Waals surface area contributed by atoms with E-state index >= 15 is 0 Å². The summed E-state index contributed by atoms with van der Waals surface area (Å²) in [6.07, 6.45) is 6.40. The number of aromatic carboxylic acids is 1. The summed E-state index contributed by atoms with van der Waals surface area (Å²) in [4.78, 5) is 18.8. The highest BCUT2D eigenvalue weighted by atomic mass is 19.1. The lowest BCUT2D eigenvalue weighted by Gasteiger charge is -2.08. The highest BCUT2D eigenvalue weighted by Gasteiger charge is 2.12. The van der Waals surface area contributed by atoms with E-state index in [4.69, 9.17) is 0 Å². The number of carboxylic acids is 1. The molecule has 0 radical (unpaired) electrons. The molecule has 0 aliphatic rings. The second-order valence-corrected chi connectivity index (χ2v) is 5.72. The molecule has 1 aromatic heterocycles. The largest absolute Gasteiger partial charge is 0.478 e. The zero-order valence-electron chi connectivity index (χ0n) is 13.7. The van der Waals surface area contributed by atoms with Gasteiger partial charge in [-0.3, -0.25) is 0 Å². The lowest BCUT2D eigenvalue weighted by molar-refractivity contribution is 0.0697. The van der Waals surface area contributed by atoms with E-state index in [-0.39, 0.29) is 11.4 Å². The van der Waals surface area contributed by atoms with E-state index in [2.05, 4.69) is 9.97 Å². The molecule has 0 atom stereocenters. The van der Waals surface area contributed by atoms with E-state index in [0.29, 0.717) is 17.5 Å². The summed E-state index contributed by atoms with van der Waals surface area (Å²) in [6.45, 7) is 1.90. The number of aromatic amines is 1. The lowest BCUT2D eigenvalue weighted by Crippen LogP contribution is -2.00. The Hall–Kier alpha value is -3.21. The van der Waals surface area contributed by atoms with Crippen LogP contribution in [0.1, 0.15) is 27.4 Å². The van der Waals surface area contributed by atoms with Gasteiger partial charge in [0.2, 0.25) is 0 Å². The number of aromatic nitrogens is 2. The first-order valence-corrected chi connectivity index (χ1v) is 7.83. The third-order valence-electron chi connectivity index (χ3n) is 3.83. The molecular weight excluding hydrogens is 319 g/mol. The molecule has 1 heterocycles. The first-order chi connectivity index (χ1) is 12.0. The third kappa shape index (κ3) is 4.01. The Balaban J connectivity index is 1.89. The van der Waals surface area contributed by atoms with Gasteiger partial charge in [-0.1, -0.05) is 30.4 Å². The average molecular weight is 336 g/mol. The fraction of sp³-hybridized carbons (Fsp3) is 0.100. The fourth-order valence-corrected chi connectivity index (χ4v) is 2.62. The Kier molecular flexibility index (Phi) is 4.75. The molecule has 0 bridgehead atoms. The summed E-state index contributed by atoms with van der Waals surface area (Å²) < 4.78 is 13.1. The quantitative estimate of drug-likeness (QED) is 0.722. The number of H-pyrrole nitrogens is 1. The van der Waals surface area contributed by atoms with Gasteiger partial charge in [-0.15, -0.1) is 0 Å². The second-order valence-electron chi connectivity index (χ2n) is 5.72. The molecule has 0 aliphatic heterocycles. The van der Waals surface area contributed by atoms with Crippen molar-refractivity contribution in [2.75, 3.05) is 0 Å². The van der Waals surface area contributed by atoms with E-state index < -0.39 is 5.97 Å². The first kappa shape index (κ1) is 16.6. The smallest absolute Gasteiger partial charge is 0.336 e. The van der Waals surface area contributed by atoms with Crippen molar-refractivity contribution >= 4 is 12.0 Å². The molecule has 25 heavy (non-hydrogen) atoms. The number of aryl methyl sites for hydroxylation is 1. The number of hydrogen-bond donors (Lipinski definition) is 2. The van der Waals surface area contributed by atoms with Crippen LogP contribution in [0.2, 0.25) is 0 Å². The first-order valence-electron chi connectivity index (χ1n) is 7.83. The van der Waals surface area contributed by atoms with E-state index in [1.165, 1.54) is 12.1 Å². The van der Waals surface area contributed by atoms with Crippen LogP contribution < -0.4 is 0 Å². The molecule has 0 unspecified atom stereocenters. The van der Waals surface area contributed by atoms with Gasteiger partial charge >= 0.3 is 5.97 Å². The molecule has 0 saturated heterocycles. The van der Waals surface area contributed by atoms with Gasteiger partial charge < -0.3 is 10.1 Å². The van der Waals surface area contributed by atoms with Crippen LogP contribution in [0.3, 0.4) is 0 Å². The van der Waals surface area contributed by atoms with Crippen LogP contribution in [0.25, 0.3) is 17.2 Å². The van der Waals surface area contributed by atoms with Crippen molar-refractivity contribution in [2.24, 2.45) is 0 Å². The Morgan fingerprint density at radius 3 is 2.64 bits per heavy atom. The van der Waals surface area contributed by atoms with Gasteiger partial charge in [-0.2, -0.15) is 0 Å². The number of nitrogens with one attached hydrogen (secondary N) is 1. The number of rotatable bonds is 5. The van der Waals surface area contributed by atoms with E-state index in [1.807, 2.05) is 19.1 Å².